The summed E-state index contributed by atoms with van der Waals surface area (Å²) in [5, 5.41) is 11.6. The monoisotopic (exact) mass is 543 g/mol. The molecular weight excluding hydrogens is 514 g/mol. The predicted molar refractivity (Wildman–Crippen MR) is 144 cm³/mol. The van der Waals surface area contributed by atoms with Crippen LogP contribution in [0.1, 0.15) is 34.2 Å². The third kappa shape index (κ3) is 4.15. The highest BCUT2D eigenvalue weighted by molar-refractivity contribution is 6.09. The van der Waals surface area contributed by atoms with Gasteiger partial charge in [0.25, 0.3) is 5.91 Å². The minimum Gasteiger partial charge on any atom is -0.453 e. The summed E-state index contributed by atoms with van der Waals surface area (Å²) in [7, 11) is 1.37. The summed E-state index contributed by atoms with van der Waals surface area (Å²) in [6, 6.07) is 9.69. The van der Waals surface area contributed by atoms with Crippen LogP contribution in [0.3, 0.4) is 0 Å². The average molecular weight is 544 g/mol. The van der Waals surface area contributed by atoms with Gasteiger partial charge in [0.1, 0.15) is 0 Å². The molecule has 206 valence electrons. The van der Waals surface area contributed by atoms with Crippen molar-refractivity contribution in [1.82, 2.24) is 24.7 Å². The highest BCUT2D eigenvalue weighted by atomic mass is 16.5. The maximum absolute atomic E-state index is 13.4. The van der Waals surface area contributed by atoms with E-state index in [4.69, 9.17) is 14.0 Å². The van der Waals surface area contributed by atoms with E-state index in [1.807, 2.05) is 43.5 Å². The molecule has 4 aromatic rings. The van der Waals surface area contributed by atoms with Crippen LogP contribution >= 0.6 is 0 Å². The molecule has 1 N–H and O–H groups in total. The lowest BCUT2D eigenvalue weighted by molar-refractivity contribution is -0.127. The van der Waals surface area contributed by atoms with Gasteiger partial charge in [-0.1, -0.05) is 17.3 Å². The molecule has 1 unspecified atom stereocenters. The van der Waals surface area contributed by atoms with E-state index in [0.717, 1.165) is 49.5 Å². The number of aryl methyl sites for hydroxylation is 1. The van der Waals surface area contributed by atoms with Crippen molar-refractivity contribution < 1.29 is 23.6 Å². The van der Waals surface area contributed by atoms with E-state index in [0.29, 0.717) is 47.0 Å². The number of hydrogen-bond acceptors (Lipinski definition) is 9. The van der Waals surface area contributed by atoms with E-state index in [1.54, 1.807) is 15.6 Å². The van der Waals surface area contributed by atoms with Gasteiger partial charge in [0.15, 0.2) is 0 Å². The van der Waals surface area contributed by atoms with Crippen LogP contribution in [0.15, 0.2) is 47.2 Å². The van der Waals surface area contributed by atoms with Gasteiger partial charge in [0.2, 0.25) is 11.7 Å². The topological polar surface area (TPSA) is 127 Å². The zero-order valence-electron chi connectivity index (χ0n) is 22.3. The number of pyridine rings is 1. The first-order valence-corrected chi connectivity index (χ1v) is 13.3. The van der Waals surface area contributed by atoms with Gasteiger partial charge in [0, 0.05) is 49.3 Å². The minimum atomic E-state index is -0.360. The maximum Gasteiger partial charge on any atom is 0.409 e. The van der Waals surface area contributed by atoms with Gasteiger partial charge < -0.3 is 29.1 Å². The molecule has 3 fully saturated rings. The van der Waals surface area contributed by atoms with Crippen LogP contribution in [-0.4, -0.2) is 83.2 Å². The number of likely N-dealkylation sites (tertiary alicyclic amines) is 1. The Balaban J connectivity index is 1.08. The van der Waals surface area contributed by atoms with Crippen LogP contribution in [0.5, 0.6) is 0 Å². The zero-order chi connectivity index (χ0) is 27.4. The van der Waals surface area contributed by atoms with Crippen LogP contribution in [0.4, 0.5) is 16.2 Å². The number of nitrogens with zero attached hydrogens (tertiary/aromatic N) is 6. The first-order chi connectivity index (χ1) is 19.4. The largest absolute Gasteiger partial charge is 0.453 e. The Bertz CT molecular complexity index is 1620. The normalized spacial score (nSPS) is 19.5. The van der Waals surface area contributed by atoms with Crippen LogP contribution in [0.25, 0.3) is 16.9 Å². The lowest BCUT2D eigenvalue weighted by atomic mass is 9.78. The molecule has 1 spiro atoms. The lowest BCUT2D eigenvalue weighted by Crippen LogP contribution is -2.66. The van der Waals surface area contributed by atoms with E-state index in [1.165, 1.54) is 7.11 Å². The Morgan fingerprint density at radius 3 is 2.80 bits per heavy atom. The summed E-state index contributed by atoms with van der Waals surface area (Å²) in [5.41, 5.74) is 4.87. The number of carbonyl (C=O) groups excluding carboxylic acids is 2. The third-order valence-electron chi connectivity index (χ3n) is 8.14. The second-order valence-electron chi connectivity index (χ2n) is 11.0. The molecule has 7 rings (SSSR count). The quantitative estimate of drug-likeness (QED) is 0.403. The van der Waals surface area contributed by atoms with E-state index < -0.39 is 0 Å². The van der Waals surface area contributed by atoms with Crippen molar-refractivity contribution in [2.24, 2.45) is 5.41 Å². The Kier molecular flexibility index (Phi) is 5.74. The molecule has 1 aromatic carbocycles. The number of ether oxygens (including phenoxy) is 2. The number of anilines is 2. The second-order valence-corrected chi connectivity index (χ2v) is 11.0. The molecule has 3 aliphatic rings. The number of rotatable bonds is 5. The van der Waals surface area contributed by atoms with Crippen molar-refractivity contribution in [1.29, 1.82) is 0 Å². The fourth-order valence-corrected chi connectivity index (χ4v) is 5.72. The van der Waals surface area contributed by atoms with Crippen molar-refractivity contribution >= 4 is 28.9 Å². The number of hydrogen-bond donors (Lipinski definition) is 1. The molecule has 12 nitrogen and oxygen atoms in total. The Labute approximate surface area is 229 Å². The number of nitrogens with one attached hydrogen (secondary N) is 1. The van der Waals surface area contributed by atoms with E-state index in [9.17, 15) is 9.59 Å². The molecule has 40 heavy (non-hydrogen) atoms. The molecule has 0 aliphatic carbocycles. The van der Waals surface area contributed by atoms with Gasteiger partial charge in [0.05, 0.1) is 48.9 Å². The first kappa shape index (κ1) is 24.6. The third-order valence-corrected chi connectivity index (χ3v) is 8.14. The van der Waals surface area contributed by atoms with Gasteiger partial charge in [-0.3, -0.25) is 4.79 Å². The fraction of sp³-hybridized carbons (Fsp3) is 0.393. The molecule has 0 saturated carbocycles. The van der Waals surface area contributed by atoms with E-state index in [2.05, 4.69) is 25.5 Å². The second kappa shape index (κ2) is 9.33. The molecular formula is C28H29N7O5. The number of carbonyl (C=O) groups is 2. The maximum atomic E-state index is 13.4. The fourth-order valence-electron chi connectivity index (χ4n) is 5.72. The number of aromatic nitrogens is 4. The van der Waals surface area contributed by atoms with Gasteiger partial charge in [-0.25, -0.2) is 9.31 Å². The summed E-state index contributed by atoms with van der Waals surface area (Å²) in [4.78, 5) is 33.8. The van der Waals surface area contributed by atoms with Gasteiger partial charge in [-0.05, 0) is 37.1 Å². The van der Waals surface area contributed by atoms with Gasteiger partial charge in [-0.2, -0.15) is 10.1 Å². The predicted octanol–water partition coefficient (Wildman–Crippen LogP) is 3.34. The summed E-state index contributed by atoms with van der Waals surface area (Å²) < 4.78 is 17.5. The lowest BCUT2D eigenvalue weighted by Gasteiger charge is -2.56. The van der Waals surface area contributed by atoms with E-state index >= 15 is 0 Å². The zero-order valence-corrected chi connectivity index (χ0v) is 22.3. The molecule has 3 aromatic heterocycles. The van der Waals surface area contributed by atoms with Crippen molar-refractivity contribution in [3.05, 3.63) is 59.7 Å². The van der Waals surface area contributed by atoms with Gasteiger partial charge >= 0.3 is 6.09 Å². The smallest absolute Gasteiger partial charge is 0.409 e. The number of fused-ring (bicyclic) bond motifs is 1. The minimum absolute atomic E-state index is 0.0469. The molecule has 12 heteroatoms. The van der Waals surface area contributed by atoms with Gasteiger partial charge in [-0.15, -0.1) is 0 Å². The number of methoxy groups -OCH3 is 1. The molecule has 2 amide bonds. The van der Waals surface area contributed by atoms with Crippen LogP contribution in [0.2, 0.25) is 0 Å². The van der Waals surface area contributed by atoms with E-state index in [-0.39, 0.29) is 17.9 Å². The van der Waals surface area contributed by atoms with Crippen molar-refractivity contribution in [3.8, 4) is 11.4 Å². The molecule has 6 heterocycles. The van der Waals surface area contributed by atoms with Crippen LogP contribution in [0, 0.1) is 12.3 Å². The Hall–Kier alpha value is -4.45. The Morgan fingerprint density at radius 1 is 1.18 bits per heavy atom. The number of amides is 2. The van der Waals surface area contributed by atoms with Crippen molar-refractivity contribution in [2.75, 3.05) is 56.7 Å². The molecule has 3 saturated heterocycles. The van der Waals surface area contributed by atoms with Crippen LogP contribution in [-0.2, 0) is 9.47 Å². The van der Waals surface area contributed by atoms with Crippen LogP contribution < -0.4 is 10.2 Å². The Morgan fingerprint density at radius 2 is 2.02 bits per heavy atom. The first-order valence-electron chi connectivity index (χ1n) is 13.3. The molecule has 0 radical (unpaired) electrons. The molecule has 0 bridgehead atoms. The summed E-state index contributed by atoms with van der Waals surface area (Å²) >= 11 is 0. The van der Waals surface area contributed by atoms with Crippen molar-refractivity contribution in [2.45, 2.75) is 19.3 Å². The number of benzene rings is 1. The van der Waals surface area contributed by atoms with Crippen molar-refractivity contribution in [3.63, 3.8) is 0 Å². The highest BCUT2D eigenvalue weighted by Crippen LogP contribution is 2.40. The molecule has 3 aliphatic heterocycles. The molecule has 1 atom stereocenters. The standard InChI is InChI=1S/C28H29N7O5/c1-17-3-4-18(24-31-26(40-32-24)19-5-7-33(12-19)27(37)38-2)9-22(17)30-25(36)21-11-29-35-8-6-20(10-23(21)35)34-13-28(14-34)15-39-16-28/h3-4,6,8-11,19H,5,7,12-16H2,1-2H3,(H,30,36). The average Bonchev–Trinajstić information content (AvgIpc) is 3.67. The highest BCUT2D eigenvalue weighted by Gasteiger charge is 2.49. The summed E-state index contributed by atoms with van der Waals surface area (Å²) in [5.74, 6) is 0.608. The summed E-state index contributed by atoms with van der Waals surface area (Å²) in [6.07, 6.45) is 3.84. The SMILES string of the molecule is COC(=O)N1CCC(c2nc(-c3ccc(C)c(NC(=O)c4cnn5ccc(N6CC7(COC7)C6)cc45)c3)no2)C1. The summed E-state index contributed by atoms with van der Waals surface area (Å²) in [6.45, 7) is 6.56.